The van der Waals surface area contributed by atoms with Crippen molar-refractivity contribution in [3.63, 3.8) is 0 Å². The van der Waals surface area contributed by atoms with Gasteiger partial charge in [-0.2, -0.15) is 0 Å². The molecule has 5 rings (SSSR count). The van der Waals surface area contributed by atoms with Crippen molar-refractivity contribution in [2.45, 2.75) is 32.7 Å². The average molecular weight is 357 g/mol. The minimum absolute atomic E-state index is 0.0348. The number of para-hydroxylation sites is 3. The van der Waals surface area contributed by atoms with E-state index in [1.54, 1.807) is 0 Å². The molecule has 136 valence electrons. The van der Waals surface area contributed by atoms with Crippen LogP contribution in [0.3, 0.4) is 0 Å². The van der Waals surface area contributed by atoms with Crippen molar-refractivity contribution in [2.75, 3.05) is 10.6 Å². The number of Topliss-reactive ketones (excluding diaryl/α,β-unsaturated/α-hetero) is 1. The lowest BCUT2D eigenvalue weighted by Crippen LogP contribution is -2.31. The number of carbonyl (C=O) groups excluding carboxylic acids is 1. The van der Waals surface area contributed by atoms with Gasteiger partial charge in [0, 0.05) is 40.4 Å². The number of fused-ring (bicyclic) bond motifs is 2. The van der Waals surface area contributed by atoms with Gasteiger partial charge >= 0.3 is 0 Å². The number of aromatic amines is 1. The van der Waals surface area contributed by atoms with Crippen molar-refractivity contribution < 1.29 is 4.79 Å². The maximum absolute atomic E-state index is 13.2. The Morgan fingerprint density at radius 3 is 2.56 bits per heavy atom. The molecule has 27 heavy (non-hydrogen) atoms. The van der Waals surface area contributed by atoms with E-state index in [1.165, 1.54) is 0 Å². The number of rotatable bonds is 1. The zero-order chi connectivity index (χ0) is 18.6. The van der Waals surface area contributed by atoms with E-state index < -0.39 is 0 Å². The van der Waals surface area contributed by atoms with E-state index in [0.29, 0.717) is 6.42 Å². The summed E-state index contributed by atoms with van der Waals surface area (Å²) < 4.78 is 0. The van der Waals surface area contributed by atoms with Gasteiger partial charge < -0.3 is 15.6 Å². The molecule has 0 fully saturated rings. The molecule has 2 aliphatic rings. The molecule has 1 unspecified atom stereocenters. The summed E-state index contributed by atoms with van der Waals surface area (Å²) in [5.41, 5.74) is 6.13. The van der Waals surface area contributed by atoms with E-state index in [2.05, 4.69) is 53.7 Å². The summed E-state index contributed by atoms with van der Waals surface area (Å²) in [4.78, 5) is 16.6. The Bertz CT molecular complexity index is 1090. The summed E-state index contributed by atoms with van der Waals surface area (Å²) in [5.74, 6) is 0.226. The third-order valence-electron chi connectivity index (χ3n) is 5.65. The van der Waals surface area contributed by atoms with Gasteiger partial charge in [0.15, 0.2) is 5.78 Å². The first-order valence-corrected chi connectivity index (χ1v) is 9.47. The molecule has 2 aromatic carbocycles. The number of H-pyrrole nitrogens is 1. The molecular weight excluding hydrogens is 334 g/mol. The smallest absolute Gasteiger partial charge is 0.163 e. The van der Waals surface area contributed by atoms with Crippen LogP contribution in [0.2, 0.25) is 0 Å². The van der Waals surface area contributed by atoms with Crippen LogP contribution in [0.4, 0.5) is 11.4 Å². The van der Waals surface area contributed by atoms with Gasteiger partial charge in [0.2, 0.25) is 0 Å². The van der Waals surface area contributed by atoms with Gasteiger partial charge in [-0.05, 0) is 30.0 Å². The lowest BCUT2D eigenvalue weighted by Gasteiger charge is -2.34. The average Bonchev–Trinajstić information content (AvgIpc) is 2.97. The van der Waals surface area contributed by atoms with Gasteiger partial charge in [-0.3, -0.25) is 4.79 Å². The number of allylic oxidation sites excluding steroid dienone is 1. The Morgan fingerprint density at radius 1 is 0.963 bits per heavy atom. The molecule has 0 saturated heterocycles. The van der Waals surface area contributed by atoms with E-state index >= 15 is 0 Å². The van der Waals surface area contributed by atoms with E-state index in [4.69, 9.17) is 0 Å². The standard InChI is InChI=1S/C23H23N3O/c1-23(2)11-19-21(20(27)12-23)22(26-18-10-6-5-9-17(18)25-19)15-13-24-16-8-4-3-7-14(15)16/h3-10,13,22,24-26H,11-12H2,1-2H3. The van der Waals surface area contributed by atoms with Crippen molar-refractivity contribution >= 4 is 28.1 Å². The Balaban J connectivity index is 1.74. The minimum Gasteiger partial charge on any atom is -0.372 e. The Labute approximate surface area is 158 Å². The van der Waals surface area contributed by atoms with Crippen LogP contribution >= 0.6 is 0 Å². The summed E-state index contributed by atoms with van der Waals surface area (Å²) in [6.07, 6.45) is 3.47. The van der Waals surface area contributed by atoms with Crippen molar-refractivity contribution in [2.24, 2.45) is 5.41 Å². The molecule has 1 aliphatic heterocycles. The topological polar surface area (TPSA) is 56.9 Å². The van der Waals surface area contributed by atoms with Gasteiger partial charge in [0.25, 0.3) is 0 Å². The summed E-state index contributed by atoms with van der Waals surface area (Å²) in [6.45, 7) is 4.34. The van der Waals surface area contributed by atoms with Crippen LogP contribution in [-0.4, -0.2) is 10.8 Å². The van der Waals surface area contributed by atoms with Crippen LogP contribution in [0.1, 0.15) is 38.3 Å². The second-order valence-corrected chi connectivity index (χ2v) is 8.37. The van der Waals surface area contributed by atoms with Crippen molar-refractivity contribution in [1.82, 2.24) is 4.98 Å². The predicted molar refractivity (Wildman–Crippen MR) is 110 cm³/mol. The second-order valence-electron chi connectivity index (χ2n) is 8.37. The molecule has 0 bridgehead atoms. The van der Waals surface area contributed by atoms with Crippen molar-refractivity contribution in [3.8, 4) is 0 Å². The van der Waals surface area contributed by atoms with Gasteiger partial charge in [-0.25, -0.2) is 0 Å². The number of carbonyl (C=O) groups is 1. The summed E-state index contributed by atoms with van der Waals surface area (Å²) in [5, 5.41) is 8.38. The molecular formula is C23H23N3O. The van der Waals surface area contributed by atoms with Crippen LogP contribution in [0.25, 0.3) is 10.9 Å². The summed E-state index contributed by atoms with van der Waals surface area (Å²) in [7, 11) is 0. The van der Waals surface area contributed by atoms with E-state index in [0.717, 1.165) is 45.5 Å². The lowest BCUT2D eigenvalue weighted by atomic mass is 9.73. The van der Waals surface area contributed by atoms with Gasteiger partial charge in [-0.15, -0.1) is 0 Å². The normalized spacial score (nSPS) is 21.1. The highest BCUT2D eigenvalue weighted by Gasteiger charge is 2.39. The number of hydrogen-bond acceptors (Lipinski definition) is 3. The molecule has 0 amide bonds. The van der Waals surface area contributed by atoms with E-state index in [9.17, 15) is 4.79 Å². The second kappa shape index (κ2) is 5.74. The molecule has 1 aromatic heterocycles. The third kappa shape index (κ3) is 2.64. The van der Waals surface area contributed by atoms with Crippen LogP contribution in [0.15, 0.2) is 66.0 Å². The zero-order valence-electron chi connectivity index (χ0n) is 15.6. The quantitative estimate of drug-likeness (QED) is 0.547. The fraction of sp³-hybridized carbons (Fsp3) is 0.261. The SMILES string of the molecule is CC1(C)CC(=O)C2=C(C1)Nc1ccccc1NC2c1c[nH]c2ccccc12. The zero-order valence-corrected chi connectivity index (χ0v) is 15.6. The van der Waals surface area contributed by atoms with E-state index in [1.807, 2.05) is 30.5 Å². The highest BCUT2D eigenvalue weighted by Crippen LogP contribution is 2.46. The van der Waals surface area contributed by atoms with Gasteiger partial charge in [0.1, 0.15) is 0 Å². The molecule has 3 aromatic rings. The first kappa shape index (κ1) is 16.2. The highest BCUT2D eigenvalue weighted by atomic mass is 16.1. The number of benzene rings is 2. The first-order valence-electron chi connectivity index (χ1n) is 9.47. The summed E-state index contributed by atoms with van der Waals surface area (Å²) >= 11 is 0. The number of anilines is 2. The maximum Gasteiger partial charge on any atom is 0.163 e. The van der Waals surface area contributed by atoms with Crippen LogP contribution in [-0.2, 0) is 4.79 Å². The minimum atomic E-state index is -0.170. The molecule has 0 saturated carbocycles. The molecule has 1 aliphatic carbocycles. The molecule has 4 nitrogen and oxygen atoms in total. The Hall–Kier alpha value is -3.01. The molecule has 4 heteroatoms. The number of ketones is 1. The van der Waals surface area contributed by atoms with Crippen LogP contribution in [0, 0.1) is 5.41 Å². The first-order chi connectivity index (χ1) is 13.0. The lowest BCUT2D eigenvalue weighted by molar-refractivity contribution is -0.118. The van der Waals surface area contributed by atoms with Gasteiger partial charge in [0.05, 0.1) is 17.4 Å². The fourth-order valence-electron chi connectivity index (χ4n) is 4.46. The Kier molecular flexibility index (Phi) is 3.44. The fourth-order valence-corrected chi connectivity index (χ4v) is 4.46. The van der Waals surface area contributed by atoms with Crippen LogP contribution in [0.5, 0.6) is 0 Å². The Morgan fingerprint density at radius 2 is 1.70 bits per heavy atom. The van der Waals surface area contributed by atoms with E-state index in [-0.39, 0.29) is 17.2 Å². The molecule has 0 radical (unpaired) electrons. The number of aromatic nitrogens is 1. The third-order valence-corrected chi connectivity index (χ3v) is 5.65. The highest BCUT2D eigenvalue weighted by molar-refractivity contribution is 6.02. The van der Waals surface area contributed by atoms with Crippen molar-refractivity contribution in [1.29, 1.82) is 0 Å². The maximum atomic E-state index is 13.2. The van der Waals surface area contributed by atoms with Gasteiger partial charge in [-0.1, -0.05) is 44.2 Å². The number of hydrogen-bond donors (Lipinski definition) is 3. The van der Waals surface area contributed by atoms with Crippen LogP contribution < -0.4 is 10.6 Å². The molecule has 0 spiro atoms. The monoisotopic (exact) mass is 357 g/mol. The number of nitrogens with one attached hydrogen (secondary N) is 3. The predicted octanol–water partition coefficient (Wildman–Crippen LogP) is 5.39. The van der Waals surface area contributed by atoms with Crippen molar-refractivity contribution in [3.05, 3.63) is 71.6 Å². The largest absolute Gasteiger partial charge is 0.372 e. The summed E-state index contributed by atoms with van der Waals surface area (Å²) in [6, 6.07) is 16.3. The molecule has 2 heterocycles. The molecule has 3 N–H and O–H groups in total. The molecule has 1 atom stereocenters.